The quantitative estimate of drug-likeness (QED) is 0.654. The molecular formula is C15H23FO4. The van der Waals surface area contributed by atoms with E-state index in [0.717, 1.165) is 0 Å². The lowest BCUT2D eigenvalue weighted by atomic mass is 10.0. The van der Waals surface area contributed by atoms with Crippen molar-refractivity contribution in [2.75, 3.05) is 40.6 Å². The van der Waals surface area contributed by atoms with Gasteiger partial charge < -0.3 is 18.9 Å². The maximum absolute atomic E-state index is 14.4. The van der Waals surface area contributed by atoms with Crippen LogP contribution in [0.1, 0.15) is 25.3 Å². The fourth-order valence-electron chi connectivity index (χ4n) is 1.71. The molecular weight excluding hydrogens is 263 g/mol. The smallest absolute Gasteiger partial charge is 0.197 e. The van der Waals surface area contributed by atoms with Crippen molar-refractivity contribution in [2.45, 2.75) is 19.8 Å². The van der Waals surface area contributed by atoms with Crippen LogP contribution in [0, 0.1) is 5.82 Å². The Hall–Kier alpha value is -1.33. The standard InChI is InChI=1S/C15H23FO4/c1-11(2)12-5-6-13(19-9-7-17-3)15(14(12)16)20-10-8-18-4/h5-6,11H,7-10H2,1-4H3. The van der Waals surface area contributed by atoms with Gasteiger partial charge in [-0.1, -0.05) is 19.9 Å². The summed E-state index contributed by atoms with van der Waals surface area (Å²) < 4.78 is 35.2. The summed E-state index contributed by atoms with van der Waals surface area (Å²) in [5, 5.41) is 0. The monoisotopic (exact) mass is 286 g/mol. The third-order valence-electron chi connectivity index (χ3n) is 2.79. The molecule has 0 saturated heterocycles. The van der Waals surface area contributed by atoms with Crippen LogP contribution in [0.4, 0.5) is 4.39 Å². The largest absolute Gasteiger partial charge is 0.487 e. The zero-order valence-electron chi connectivity index (χ0n) is 12.6. The number of rotatable bonds is 9. The molecule has 0 atom stereocenters. The highest BCUT2D eigenvalue weighted by Crippen LogP contribution is 2.35. The van der Waals surface area contributed by atoms with E-state index >= 15 is 0 Å². The van der Waals surface area contributed by atoms with Crippen molar-refractivity contribution in [1.29, 1.82) is 0 Å². The Morgan fingerprint density at radius 1 is 0.950 bits per heavy atom. The van der Waals surface area contributed by atoms with E-state index in [1.165, 1.54) is 0 Å². The molecule has 1 rings (SSSR count). The van der Waals surface area contributed by atoms with E-state index in [4.69, 9.17) is 18.9 Å². The Labute approximate surface area is 119 Å². The molecule has 0 aromatic heterocycles. The molecule has 5 heteroatoms. The minimum Gasteiger partial charge on any atom is -0.487 e. The van der Waals surface area contributed by atoms with Crippen LogP contribution in [0.2, 0.25) is 0 Å². The van der Waals surface area contributed by atoms with E-state index in [-0.39, 0.29) is 24.1 Å². The summed E-state index contributed by atoms with van der Waals surface area (Å²) >= 11 is 0. The minimum atomic E-state index is -0.369. The first-order chi connectivity index (χ1) is 9.61. The molecule has 0 N–H and O–H groups in total. The van der Waals surface area contributed by atoms with Crippen molar-refractivity contribution in [3.8, 4) is 11.5 Å². The minimum absolute atomic E-state index is 0.0767. The number of hydrogen-bond acceptors (Lipinski definition) is 4. The highest BCUT2D eigenvalue weighted by Gasteiger charge is 2.18. The van der Waals surface area contributed by atoms with Gasteiger partial charge in [0.15, 0.2) is 17.3 Å². The third kappa shape index (κ3) is 4.65. The van der Waals surface area contributed by atoms with Gasteiger partial charge in [-0.15, -0.1) is 0 Å². The molecule has 0 amide bonds. The zero-order valence-corrected chi connectivity index (χ0v) is 12.6. The van der Waals surface area contributed by atoms with Crippen LogP contribution in [0.25, 0.3) is 0 Å². The summed E-state index contributed by atoms with van der Waals surface area (Å²) in [7, 11) is 3.15. The summed E-state index contributed by atoms with van der Waals surface area (Å²) in [4.78, 5) is 0. The molecule has 0 aliphatic heterocycles. The highest BCUT2D eigenvalue weighted by molar-refractivity contribution is 5.45. The van der Waals surface area contributed by atoms with Gasteiger partial charge in [-0.25, -0.2) is 4.39 Å². The molecule has 0 aliphatic carbocycles. The second kappa shape index (κ2) is 8.76. The van der Waals surface area contributed by atoms with Gasteiger partial charge in [0.25, 0.3) is 0 Å². The lowest BCUT2D eigenvalue weighted by Gasteiger charge is -2.16. The lowest BCUT2D eigenvalue weighted by Crippen LogP contribution is -2.10. The number of methoxy groups -OCH3 is 2. The van der Waals surface area contributed by atoms with Gasteiger partial charge in [-0.3, -0.25) is 0 Å². The first-order valence-electron chi connectivity index (χ1n) is 6.67. The van der Waals surface area contributed by atoms with Crippen LogP contribution in [0.5, 0.6) is 11.5 Å². The fourth-order valence-corrected chi connectivity index (χ4v) is 1.71. The second-order valence-electron chi connectivity index (χ2n) is 4.63. The maximum Gasteiger partial charge on any atom is 0.197 e. The number of benzene rings is 1. The Balaban J connectivity index is 2.93. The number of ether oxygens (including phenoxy) is 4. The molecule has 1 aromatic carbocycles. The molecule has 0 bridgehead atoms. The summed E-state index contributed by atoms with van der Waals surface area (Å²) in [6, 6.07) is 3.46. The molecule has 1 aromatic rings. The first kappa shape index (κ1) is 16.7. The number of halogens is 1. The van der Waals surface area contributed by atoms with E-state index in [2.05, 4.69) is 0 Å². The molecule has 0 spiro atoms. The van der Waals surface area contributed by atoms with Gasteiger partial charge in [0, 0.05) is 14.2 Å². The van der Waals surface area contributed by atoms with Crippen LogP contribution in [-0.4, -0.2) is 40.6 Å². The number of hydrogen-bond donors (Lipinski definition) is 0. The SMILES string of the molecule is COCCOc1ccc(C(C)C)c(F)c1OCCOC. The molecule has 0 heterocycles. The van der Waals surface area contributed by atoms with Gasteiger partial charge in [0.2, 0.25) is 0 Å². The van der Waals surface area contributed by atoms with Gasteiger partial charge in [-0.05, 0) is 17.5 Å². The lowest BCUT2D eigenvalue weighted by molar-refractivity contribution is 0.129. The topological polar surface area (TPSA) is 36.9 Å². The Morgan fingerprint density at radius 2 is 1.55 bits per heavy atom. The summed E-state index contributed by atoms with van der Waals surface area (Å²) in [5.74, 6) is 0.239. The van der Waals surface area contributed by atoms with Gasteiger partial charge in [0.1, 0.15) is 13.2 Å². The van der Waals surface area contributed by atoms with Crippen molar-refractivity contribution in [3.63, 3.8) is 0 Å². The van der Waals surface area contributed by atoms with Crippen molar-refractivity contribution in [1.82, 2.24) is 0 Å². The Bertz CT molecular complexity index is 407. The van der Waals surface area contributed by atoms with Crippen LogP contribution in [-0.2, 0) is 9.47 Å². The van der Waals surface area contributed by atoms with Gasteiger partial charge in [-0.2, -0.15) is 0 Å². The Kier molecular flexibility index (Phi) is 7.33. The predicted molar refractivity (Wildman–Crippen MR) is 75.2 cm³/mol. The van der Waals surface area contributed by atoms with E-state index in [9.17, 15) is 4.39 Å². The summed E-state index contributed by atoms with van der Waals surface area (Å²) in [5.41, 5.74) is 0.608. The fraction of sp³-hybridized carbons (Fsp3) is 0.600. The van der Waals surface area contributed by atoms with E-state index in [0.29, 0.717) is 31.1 Å². The average Bonchev–Trinajstić information content (AvgIpc) is 2.41. The van der Waals surface area contributed by atoms with E-state index in [1.54, 1.807) is 26.4 Å². The van der Waals surface area contributed by atoms with Gasteiger partial charge >= 0.3 is 0 Å². The van der Waals surface area contributed by atoms with Crippen LogP contribution >= 0.6 is 0 Å². The van der Waals surface area contributed by atoms with E-state index < -0.39 is 0 Å². The van der Waals surface area contributed by atoms with Crippen LogP contribution in [0.3, 0.4) is 0 Å². The molecule has 20 heavy (non-hydrogen) atoms. The summed E-state index contributed by atoms with van der Waals surface area (Å²) in [6.07, 6.45) is 0. The van der Waals surface area contributed by atoms with E-state index in [1.807, 2.05) is 13.8 Å². The van der Waals surface area contributed by atoms with Crippen LogP contribution in [0.15, 0.2) is 12.1 Å². The summed E-state index contributed by atoms with van der Waals surface area (Å²) in [6.45, 7) is 5.31. The molecule has 0 fully saturated rings. The molecule has 4 nitrogen and oxygen atoms in total. The van der Waals surface area contributed by atoms with Crippen molar-refractivity contribution in [2.24, 2.45) is 0 Å². The zero-order chi connectivity index (χ0) is 15.0. The molecule has 0 aliphatic rings. The average molecular weight is 286 g/mol. The molecule has 0 unspecified atom stereocenters. The van der Waals surface area contributed by atoms with Crippen molar-refractivity contribution in [3.05, 3.63) is 23.5 Å². The van der Waals surface area contributed by atoms with Crippen molar-refractivity contribution >= 4 is 0 Å². The third-order valence-corrected chi connectivity index (χ3v) is 2.79. The normalized spacial score (nSPS) is 10.9. The molecule has 114 valence electrons. The predicted octanol–water partition coefficient (Wildman–Crippen LogP) is 3.00. The second-order valence-corrected chi connectivity index (χ2v) is 4.63. The Morgan fingerprint density at radius 3 is 2.10 bits per heavy atom. The molecule has 0 radical (unpaired) electrons. The van der Waals surface area contributed by atoms with Crippen LogP contribution < -0.4 is 9.47 Å². The molecule has 0 saturated carbocycles. The maximum atomic E-state index is 14.4. The first-order valence-corrected chi connectivity index (χ1v) is 6.67. The van der Waals surface area contributed by atoms with Crippen molar-refractivity contribution < 1.29 is 23.3 Å². The van der Waals surface area contributed by atoms with Gasteiger partial charge in [0.05, 0.1) is 13.2 Å². The highest BCUT2D eigenvalue weighted by atomic mass is 19.1.